The van der Waals surface area contributed by atoms with Crippen LogP contribution in [-0.2, 0) is 4.74 Å². The summed E-state index contributed by atoms with van der Waals surface area (Å²) in [5, 5.41) is 9.65. The van der Waals surface area contributed by atoms with Gasteiger partial charge in [-0.1, -0.05) is 11.6 Å². The van der Waals surface area contributed by atoms with Gasteiger partial charge < -0.3 is 15.6 Å². The van der Waals surface area contributed by atoms with E-state index in [1.165, 1.54) is 12.1 Å². The van der Waals surface area contributed by atoms with Gasteiger partial charge in [-0.15, -0.1) is 0 Å². The highest BCUT2D eigenvalue weighted by atomic mass is 35.5. The second-order valence-corrected chi connectivity index (χ2v) is 4.45. The second-order valence-electron chi connectivity index (χ2n) is 4.01. The van der Waals surface area contributed by atoms with E-state index in [9.17, 15) is 9.50 Å². The highest BCUT2D eigenvalue weighted by molar-refractivity contribution is 6.30. The Morgan fingerprint density at radius 3 is 2.53 bits per heavy atom. The van der Waals surface area contributed by atoms with Crippen LogP contribution in [0.5, 0.6) is 0 Å². The van der Waals surface area contributed by atoms with Crippen LogP contribution in [0, 0.1) is 5.82 Å². The first-order valence-corrected chi connectivity index (χ1v) is 5.81. The van der Waals surface area contributed by atoms with Gasteiger partial charge in [0.25, 0.3) is 0 Å². The fraction of sp³-hybridized carbons (Fsp3) is 0.500. The number of hydrogen-bond donors (Lipinski definition) is 2. The summed E-state index contributed by atoms with van der Waals surface area (Å²) in [7, 11) is 0. The summed E-state index contributed by atoms with van der Waals surface area (Å²) >= 11 is 5.76. The number of nitrogens with two attached hydrogens (primary N) is 1. The Balaban J connectivity index is 2.86. The molecule has 0 bridgehead atoms. The molecule has 0 radical (unpaired) electrons. The molecular formula is C12H17ClFNO2. The normalized spacial score (nSPS) is 16.6. The van der Waals surface area contributed by atoms with Gasteiger partial charge in [0.1, 0.15) is 5.82 Å². The van der Waals surface area contributed by atoms with Crippen molar-refractivity contribution >= 4 is 11.6 Å². The third-order valence-electron chi connectivity index (χ3n) is 2.53. The van der Waals surface area contributed by atoms with E-state index >= 15 is 0 Å². The maximum absolute atomic E-state index is 13.2. The van der Waals surface area contributed by atoms with E-state index < -0.39 is 18.0 Å². The number of halogens is 2. The minimum Gasteiger partial charge on any atom is -0.391 e. The maximum atomic E-state index is 13.2. The number of aliphatic hydroxyl groups is 1. The molecule has 3 nitrogen and oxygen atoms in total. The topological polar surface area (TPSA) is 55.5 Å². The van der Waals surface area contributed by atoms with E-state index in [0.29, 0.717) is 10.6 Å². The number of benzene rings is 1. The Hall–Kier alpha value is -0.680. The molecule has 0 aliphatic rings. The Labute approximate surface area is 105 Å². The molecule has 0 saturated heterocycles. The van der Waals surface area contributed by atoms with Crippen molar-refractivity contribution in [2.45, 2.75) is 32.2 Å². The molecule has 3 unspecified atom stereocenters. The number of hydrogen-bond acceptors (Lipinski definition) is 3. The van der Waals surface area contributed by atoms with Crippen LogP contribution in [-0.4, -0.2) is 23.9 Å². The Morgan fingerprint density at radius 2 is 2.06 bits per heavy atom. The lowest BCUT2D eigenvalue weighted by atomic mass is 10.1. The van der Waals surface area contributed by atoms with E-state index in [2.05, 4.69) is 0 Å². The average molecular weight is 262 g/mol. The Bertz CT molecular complexity index is 353. The number of rotatable bonds is 5. The smallest absolute Gasteiger partial charge is 0.125 e. The summed E-state index contributed by atoms with van der Waals surface area (Å²) in [6.07, 6.45) is -1.48. The Morgan fingerprint density at radius 1 is 1.41 bits per heavy atom. The van der Waals surface area contributed by atoms with Crippen LogP contribution in [0.1, 0.15) is 25.5 Å². The lowest BCUT2D eigenvalue weighted by Gasteiger charge is -2.23. The van der Waals surface area contributed by atoms with Crippen LogP contribution in [0.4, 0.5) is 4.39 Å². The van der Waals surface area contributed by atoms with Crippen LogP contribution in [0.2, 0.25) is 5.02 Å². The summed E-state index contributed by atoms with van der Waals surface area (Å²) in [4.78, 5) is 0. The summed E-state index contributed by atoms with van der Waals surface area (Å²) in [6.45, 7) is 3.54. The van der Waals surface area contributed by atoms with Crippen LogP contribution in [0.25, 0.3) is 0 Å². The van der Waals surface area contributed by atoms with E-state index in [4.69, 9.17) is 22.1 Å². The largest absolute Gasteiger partial charge is 0.391 e. The molecule has 3 N–H and O–H groups in total. The van der Waals surface area contributed by atoms with Crippen LogP contribution >= 0.6 is 11.6 Å². The van der Waals surface area contributed by atoms with Crippen molar-refractivity contribution in [2.75, 3.05) is 6.54 Å². The fourth-order valence-electron chi connectivity index (χ4n) is 1.40. The van der Waals surface area contributed by atoms with Gasteiger partial charge in [-0.25, -0.2) is 4.39 Å². The predicted octanol–water partition coefficient (Wildman–Crippen LogP) is 2.26. The molecule has 1 aromatic carbocycles. The van der Waals surface area contributed by atoms with Crippen LogP contribution < -0.4 is 5.73 Å². The molecule has 3 atom stereocenters. The zero-order valence-electron chi connectivity index (χ0n) is 9.86. The molecule has 0 aromatic heterocycles. The van der Waals surface area contributed by atoms with E-state index in [1.54, 1.807) is 19.9 Å². The third kappa shape index (κ3) is 4.24. The third-order valence-corrected chi connectivity index (χ3v) is 2.75. The second kappa shape index (κ2) is 6.31. The van der Waals surface area contributed by atoms with Crippen molar-refractivity contribution in [3.63, 3.8) is 0 Å². The van der Waals surface area contributed by atoms with Gasteiger partial charge in [0.15, 0.2) is 0 Å². The van der Waals surface area contributed by atoms with Crippen molar-refractivity contribution in [1.82, 2.24) is 0 Å². The standard InChI is InChI=1S/C12H17ClFNO2/c1-7(16)8(2)17-12(6-15)9-3-10(13)5-11(14)4-9/h3-5,7-8,12,16H,6,15H2,1-2H3. The summed E-state index contributed by atoms with van der Waals surface area (Å²) in [5.74, 6) is -0.431. The molecule has 0 amide bonds. The van der Waals surface area contributed by atoms with E-state index in [0.717, 1.165) is 0 Å². The fourth-order valence-corrected chi connectivity index (χ4v) is 1.63. The molecule has 0 heterocycles. The molecule has 0 fully saturated rings. The van der Waals surface area contributed by atoms with Crippen molar-refractivity contribution in [2.24, 2.45) is 5.73 Å². The van der Waals surface area contributed by atoms with E-state index in [-0.39, 0.29) is 12.6 Å². The molecule has 5 heteroatoms. The molecule has 0 aliphatic carbocycles. The van der Waals surface area contributed by atoms with Crippen LogP contribution in [0.15, 0.2) is 18.2 Å². The molecule has 96 valence electrons. The monoisotopic (exact) mass is 261 g/mol. The molecule has 1 rings (SSSR count). The highest BCUT2D eigenvalue weighted by Crippen LogP contribution is 2.23. The quantitative estimate of drug-likeness (QED) is 0.855. The van der Waals surface area contributed by atoms with Crippen molar-refractivity contribution in [3.8, 4) is 0 Å². The predicted molar refractivity (Wildman–Crippen MR) is 65.4 cm³/mol. The van der Waals surface area contributed by atoms with Gasteiger partial charge in [-0.05, 0) is 37.6 Å². The minimum absolute atomic E-state index is 0.191. The first kappa shape index (κ1) is 14.4. The Kier molecular flexibility index (Phi) is 5.33. The van der Waals surface area contributed by atoms with Gasteiger partial charge >= 0.3 is 0 Å². The number of aliphatic hydroxyl groups excluding tert-OH is 1. The first-order valence-electron chi connectivity index (χ1n) is 5.43. The van der Waals surface area contributed by atoms with Gasteiger partial charge in [-0.3, -0.25) is 0 Å². The van der Waals surface area contributed by atoms with Crippen molar-refractivity contribution in [3.05, 3.63) is 34.6 Å². The summed E-state index contributed by atoms with van der Waals surface area (Å²) in [6, 6.07) is 4.16. The van der Waals surface area contributed by atoms with Gasteiger partial charge in [0.2, 0.25) is 0 Å². The van der Waals surface area contributed by atoms with Gasteiger partial charge in [0.05, 0.1) is 18.3 Å². The van der Waals surface area contributed by atoms with Crippen molar-refractivity contribution in [1.29, 1.82) is 0 Å². The molecule has 17 heavy (non-hydrogen) atoms. The molecule has 0 aliphatic heterocycles. The summed E-state index contributed by atoms with van der Waals surface area (Å²) in [5.41, 5.74) is 6.16. The minimum atomic E-state index is -0.618. The lowest BCUT2D eigenvalue weighted by molar-refractivity contribution is -0.0592. The lowest BCUT2D eigenvalue weighted by Crippen LogP contribution is -2.28. The average Bonchev–Trinajstić information content (AvgIpc) is 2.23. The molecule has 0 saturated carbocycles. The first-order chi connectivity index (χ1) is 7.93. The van der Waals surface area contributed by atoms with Crippen molar-refractivity contribution < 1.29 is 14.2 Å². The van der Waals surface area contributed by atoms with E-state index in [1.807, 2.05) is 0 Å². The molecular weight excluding hydrogens is 245 g/mol. The molecule has 1 aromatic rings. The SMILES string of the molecule is CC(O)C(C)OC(CN)c1cc(F)cc(Cl)c1. The van der Waals surface area contributed by atoms with Gasteiger partial charge in [0, 0.05) is 11.6 Å². The molecule has 0 spiro atoms. The zero-order valence-corrected chi connectivity index (χ0v) is 10.6. The van der Waals surface area contributed by atoms with Crippen LogP contribution in [0.3, 0.4) is 0 Å². The maximum Gasteiger partial charge on any atom is 0.125 e. The number of ether oxygens (including phenoxy) is 1. The zero-order chi connectivity index (χ0) is 13.0. The van der Waals surface area contributed by atoms with Gasteiger partial charge in [-0.2, -0.15) is 0 Å². The summed E-state index contributed by atoms with van der Waals surface area (Å²) < 4.78 is 18.7. The highest BCUT2D eigenvalue weighted by Gasteiger charge is 2.18.